The Bertz CT molecular complexity index is 1150. The molecule has 7 heteroatoms. The number of ether oxygens (including phenoxy) is 2. The third kappa shape index (κ3) is 4.70. The van der Waals surface area contributed by atoms with Crippen LogP contribution in [-0.2, 0) is 30.9 Å². The highest BCUT2D eigenvalue weighted by molar-refractivity contribution is 7.89. The van der Waals surface area contributed by atoms with Crippen LogP contribution in [0.3, 0.4) is 0 Å². The van der Waals surface area contributed by atoms with Gasteiger partial charge < -0.3 is 9.47 Å². The van der Waals surface area contributed by atoms with E-state index in [0.29, 0.717) is 31.7 Å². The number of rotatable bonds is 7. The van der Waals surface area contributed by atoms with Gasteiger partial charge in [0.2, 0.25) is 10.0 Å². The fourth-order valence-corrected chi connectivity index (χ4v) is 5.64. The van der Waals surface area contributed by atoms with Gasteiger partial charge in [0.05, 0.1) is 25.2 Å². The third-order valence-electron chi connectivity index (χ3n) is 5.96. The van der Waals surface area contributed by atoms with Gasteiger partial charge in [-0.2, -0.15) is 4.31 Å². The molecule has 168 valence electrons. The highest BCUT2D eigenvalue weighted by Gasteiger charge is 2.39. The Labute approximate surface area is 189 Å². The average Bonchev–Trinajstić information content (AvgIpc) is 3.23. The molecule has 1 aliphatic heterocycles. The van der Waals surface area contributed by atoms with Gasteiger partial charge in [-0.15, -0.1) is 0 Å². The van der Waals surface area contributed by atoms with Gasteiger partial charge in [0.1, 0.15) is 0 Å². The van der Waals surface area contributed by atoms with Crippen LogP contribution in [0.25, 0.3) is 0 Å². The van der Waals surface area contributed by atoms with Gasteiger partial charge in [-0.05, 0) is 48.1 Å². The Kier molecular flexibility index (Phi) is 6.60. The number of nitrogens with zero attached hydrogens (tertiary/aromatic N) is 1. The zero-order chi connectivity index (χ0) is 22.7. The minimum Gasteiger partial charge on any atom is -0.466 e. The summed E-state index contributed by atoms with van der Waals surface area (Å²) in [7, 11) is -2.24. The molecule has 0 spiro atoms. The zero-order valence-electron chi connectivity index (χ0n) is 18.3. The molecule has 32 heavy (non-hydrogen) atoms. The van der Waals surface area contributed by atoms with Crippen molar-refractivity contribution in [1.29, 1.82) is 0 Å². The first-order chi connectivity index (χ1) is 15.4. The van der Waals surface area contributed by atoms with E-state index in [1.54, 1.807) is 24.3 Å². The fourth-order valence-electron chi connectivity index (χ4n) is 4.17. The molecule has 2 aromatic rings. The average molecular weight is 454 g/mol. The molecule has 1 heterocycles. The number of esters is 1. The predicted molar refractivity (Wildman–Crippen MR) is 121 cm³/mol. The first-order valence-corrected chi connectivity index (χ1v) is 12.0. The molecular formula is C25H27NO5S. The van der Waals surface area contributed by atoms with Gasteiger partial charge in [0.15, 0.2) is 0 Å². The van der Waals surface area contributed by atoms with Gasteiger partial charge in [0.25, 0.3) is 0 Å². The van der Waals surface area contributed by atoms with Crippen LogP contribution in [0.4, 0.5) is 0 Å². The van der Waals surface area contributed by atoms with Crippen LogP contribution in [0.5, 0.6) is 0 Å². The zero-order valence-corrected chi connectivity index (χ0v) is 19.1. The maximum atomic E-state index is 13.1. The van der Waals surface area contributed by atoms with E-state index in [1.165, 1.54) is 11.4 Å². The predicted octanol–water partition coefficient (Wildman–Crippen LogP) is 3.63. The topological polar surface area (TPSA) is 72.9 Å². The highest BCUT2D eigenvalue weighted by atomic mass is 32.2. The maximum Gasteiger partial charge on any atom is 0.334 e. The molecule has 2 aromatic carbocycles. The second-order valence-electron chi connectivity index (χ2n) is 8.20. The minimum atomic E-state index is -3.60. The van der Waals surface area contributed by atoms with Crippen LogP contribution in [0.2, 0.25) is 0 Å². The molecule has 0 saturated carbocycles. The first-order valence-electron chi connectivity index (χ1n) is 10.6. The quantitative estimate of drug-likeness (QED) is 0.599. The van der Waals surface area contributed by atoms with E-state index in [4.69, 9.17) is 9.47 Å². The standard InChI is InChI=1S/C25H27NO5S/c1-18-8-10-23(11-9-18)32(28,29)26-14-20-12-22(17-31-16-19-6-4-3-5-7-19)24(25(27)30-2)13-21(20)15-26/h3-12,21H,13-17H2,1-2H3. The number of carbonyl (C=O) groups is 1. The monoisotopic (exact) mass is 453 g/mol. The largest absolute Gasteiger partial charge is 0.466 e. The summed E-state index contributed by atoms with van der Waals surface area (Å²) in [4.78, 5) is 12.7. The normalized spacial score (nSPS) is 18.9. The van der Waals surface area contributed by atoms with Gasteiger partial charge >= 0.3 is 5.97 Å². The van der Waals surface area contributed by atoms with Crippen molar-refractivity contribution in [3.63, 3.8) is 0 Å². The lowest BCUT2D eigenvalue weighted by Crippen LogP contribution is -2.29. The van der Waals surface area contributed by atoms with Crippen molar-refractivity contribution in [2.45, 2.75) is 24.8 Å². The number of carbonyl (C=O) groups excluding carboxylic acids is 1. The summed E-state index contributed by atoms with van der Waals surface area (Å²) in [5, 5.41) is 0. The van der Waals surface area contributed by atoms with E-state index >= 15 is 0 Å². The van der Waals surface area contributed by atoms with Crippen LogP contribution in [0, 0.1) is 12.8 Å². The molecular weight excluding hydrogens is 426 g/mol. The Morgan fingerprint density at radius 2 is 1.78 bits per heavy atom. The van der Waals surface area contributed by atoms with E-state index < -0.39 is 16.0 Å². The van der Waals surface area contributed by atoms with Crippen LogP contribution < -0.4 is 0 Å². The highest BCUT2D eigenvalue weighted by Crippen LogP contribution is 2.37. The number of sulfonamides is 1. The molecule has 0 radical (unpaired) electrons. The van der Waals surface area contributed by atoms with Gasteiger partial charge in [-0.1, -0.05) is 54.1 Å². The smallest absolute Gasteiger partial charge is 0.334 e. The molecule has 1 saturated heterocycles. The van der Waals surface area contributed by atoms with E-state index in [-0.39, 0.29) is 17.4 Å². The minimum absolute atomic E-state index is 0.0396. The number of methoxy groups -OCH3 is 1. The van der Waals surface area contributed by atoms with Crippen molar-refractivity contribution >= 4 is 16.0 Å². The molecule has 4 rings (SSSR count). The van der Waals surface area contributed by atoms with E-state index in [0.717, 1.165) is 22.3 Å². The Morgan fingerprint density at radius 3 is 2.47 bits per heavy atom. The third-order valence-corrected chi connectivity index (χ3v) is 7.79. The molecule has 0 N–H and O–H groups in total. The van der Waals surface area contributed by atoms with Crippen molar-refractivity contribution < 1.29 is 22.7 Å². The molecule has 1 unspecified atom stereocenters. The summed E-state index contributed by atoms with van der Waals surface area (Å²) in [5.41, 5.74) is 4.38. The molecule has 0 amide bonds. The molecule has 1 fully saturated rings. The number of hydrogen-bond acceptors (Lipinski definition) is 5. The lowest BCUT2D eigenvalue weighted by molar-refractivity contribution is -0.136. The van der Waals surface area contributed by atoms with Crippen molar-refractivity contribution in [1.82, 2.24) is 4.31 Å². The Balaban J connectivity index is 1.51. The van der Waals surface area contributed by atoms with Crippen LogP contribution >= 0.6 is 0 Å². The first kappa shape index (κ1) is 22.5. The summed E-state index contributed by atoms with van der Waals surface area (Å²) in [6.07, 6.45) is 2.37. The Morgan fingerprint density at radius 1 is 1.06 bits per heavy atom. The van der Waals surface area contributed by atoms with E-state index in [9.17, 15) is 13.2 Å². The second kappa shape index (κ2) is 9.40. The van der Waals surface area contributed by atoms with Gasteiger partial charge in [-0.25, -0.2) is 13.2 Å². The molecule has 0 bridgehead atoms. The van der Waals surface area contributed by atoms with Crippen LogP contribution in [-0.4, -0.2) is 45.5 Å². The summed E-state index contributed by atoms with van der Waals surface area (Å²) in [6, 6.07) is 16.7. The number of aryl methyl sites for hydroxylation is 1. The Hall–Kier alpha value is -2.74. The molecule has 0 aromatic heterocycles. The molecule has 1 atom stereocenters. The number of benzene rings is 2. The van der Waals surface area contributed by atoms with Crippen molar-refractivity contribution in [3.05, 3.63) is 88.5 Å². The molecule has 1 aliphatic carbocycles. The summed E-state index contributed by atoms with van der Waals surface area (Å²) in [6.45, 7) is 3.28. The van der Waals surface area contributed by atoms with Crippen molar-refractivity contribution in [2.24, 2.45) is 5.92 Å². The SMILES string of the molecule is COC(=O)C1=C(COCc2ccccc2)C=C2CN(S(=O)(=O)c3ccc(C)cc3)CC2C1. The second-order valence-corrected chi connectivity index (χ2v) is 10.1. The van der Waals surface area contributed by atoms with Crippen molar-refractivity contribution in [2.75, 3.05) is 26.8 Å². The van der Waals surface area contributed by atoms with Gasteiger partial charge in [-0.3, -0.25) is 0 Å². The fraction of sp³-hybridized carbons (Fsp3) is 0.320. The summed E-state index contributed by atoms with van der Waals surface area (Å²) >= 11 is 0. The van der Waals surface area contributed by atoms with E-state index in [1.807, 2.05) is 43.3 Å². The van der Waals surface area contributed by atoms with Crippen LogP contribution in [0.1, 0.15) is 17.5 Å². The maximum absolute atomic E-state index is 13.1. The van der Waals surface area contributed by atoms with E-state index in [2.05, 4.69) is 0 Å². The van der Waals surface area contributed by atoms with Gasteiger partial charge in [0, 0.05) is 18.7 Å². The number of fused-ring (bicyclic) bond motifs is 1. The van der Waals surface area contributed by atoms with Crippen molar-refractivity contribution in [3.8, 4) is 0 Å². The number of hydrogen-bond donors (Lipinski definition) is 0. The van der Waals surface area contributed by atoms with Crippen LogP contribution in [0.15, 0.2) is 82.3 Å². The lowest BCUT2D eigenvalue weighted by atomic mass is 9.85. The summed E-state index contributed by atoms with van der Waals surface area (Å²) < 4.78 is 38.6. The molecule has 2 aliphatic rings. The molecule has 6 nitrogen and oxygen atoms in total. The lowest BCUT2D eigenvalue weighted by Gasteiger charge is -2.21. The summed E-state index contributed by atoms with van der Waals surface area (Å²) in [5.74, 6) is -0.430.